The number of hydrogen-bond acceptors (Lipinski definition) is 2. The molecule has 0 bridgehead atoms. The second-order valence-corrected chi connectivity index (χ2v) is 4.94. The summed E-state index contributed by atoms with van der Waals surface area (Å²) in [6.07, 6.45) is 0. The molecular formula is C12H16ClNO. The summed E-state index contributed by atoms with van der Waals surface area (Å²) in [5.41, 5.74) is 1.31. The minimum absolute atomic E-state index is 0.456. The predicted octanol–water partition coefficient (Wildman–Crippen LogP) is 2.25. The van der Waals surface area contributed by atoms with Crippen LogP contribution in [0.4, 0.5) is 0 Å². The van der Waals surface area contributed by atoms with E-state index in [1.807, 2.05) is 18.2 Å². The van der Waals surface area contributed by atoms with Crippen LogP contribution in [0.25, 0.3) is 0 Å². The molecule has 1 aromatic carbocycles. The average Bonchev–Trinajstić information content (AvgIpc) is 2.14. The van der Waals surface area contributed by atoms with Crippen molar-refractivity contribution in [2.24, 2.45) is 0 Å². The van der Waals surface area contributed by atoms with Crippen molar-refractivity contribution >= 4 is 11.6 Å². The lowest BCUT2D eigenvalue weighted by atomic mass is 9.86. The first-order chi connectivity index (χ1) is 7.03. The van der Waals surface area contributed by atoms with E-state index in [0.29, 0.717) is 24.0 Å². The molecule has 82 valence electrons. The summed E-state index contributed by atoms with van der Waals surface area (Å²) in [7, 11) is 0. The topological polar surface area (TPSA) is 32.3 Å². The molecule has 0 unspecified atom stereocenters. The third-order valence-corrected chi connectivity index (χ3v) is 3.32. The quantitative estimate of drug-likeness (QED) is 0.809. The van der Waals surface area contributed by atoms with Crippen LogP contribution in [0.15, 0.2) is 18.2 Å². The van der Waals surface area contributed by atoms with E-state index in [0.717, 1.165) is 5.56 Å². The Balaban J connectivity index is 2.41. The molecule has 0 aromatic heterocycles. The van der Waals surface area contributed by atoms with Crippen molar-refractivity contribution in [3.8, 4) is 0 Å². The molecule has 15 heavy (non-hydrogen) atoms. The molecule has 1 aliphatic heterocycles. The molecule has 2 nitrogen and oxygen atoms in total. The van der Waals surface area contributed by atoms with Gasteiger partial charge < -0.3 is 10.4 Å². The molecule has 0 atom stereocenters. The Bertz CT molecular complexity index is 372. The lowest BCUT2D eigenvalue weighted by Crippen LogP contribution is -2.56. The molecule has 1 aliphatic rings. The smallest absolute Gasteiger partial charge is 0.116 e. The van der Waals surface area contributed by atoms with Gasteiger partial charge in [-0.1, -0.05) is 37.6 Å². The lowest BCUT2D eigenvalue weighted by molar-refractivity contribution is -0.0146. The molecule has 0 aliphatic carbocycles. The van der Waals surface area contributed by atoms with Crippen LogP contribution < -0.4 is 5.32 Å². The van der Waals surface area contributed by atoms with E-state index in [1.165, 1.54) is 5.56 Å². The Hall–Kier alpha value is -0.570. The molecule has 1 saturated heterocycles. The van der Waals surface area contributed by atoms with Crippen LogP contribution in [0.5, 0.6) is 0 Å². The Morgan fingerprint density at radius 2 is 2.07 bits per heavy atom. The summed E-state index contributed by atoms with van der Waals surface area (Å²) in [4.78, 5) is 0. The van der Waals surface area contributed by atoms with Gasteiger partial charge in [-0.2, -0.15) is 0 Å². The minimum Gasteiger partial charge on any atom is -0.382 e. The van der Waals surface area contributed by atoms with Gasteiger partial charge in [0.15, 0.2) is 0 Å². The zero-order valence-electron chi connectivity index (χ0n) is 9.05. The number of β-amino-alcohol motifs (C(OH)–C–C–N with tert-alkyl or cyclic N) is 1. The molecule has 0 radical (unpaired) electrons. The van der Waals surface area contributed by atoms with Gasteiger partial charge in [-0.3, -0.25) is 0 Å². The van der Waals surface area contributed by atoms with Gasteiger partial charge in [0.05, 0.1) is 0 Å². The maximum atomic E-state index is 10.2. The van der Waals surface area contributed by atoms with Gasteiger partial charge in [-0.25, -0.2) is 0 Å². The standard InChI is InChI=1S/C12H16ClNO/c1-8(2)9-3-4-11(13)10(5-9)12(15)6-14-7-12/h3-5,8,14-15H,6-7H2,1-2H3. The van der Waals surface area contributed by atoms with E-state index < -0.39 is 5.60 Å². The van der Waals surface area contributed by atoms with Gasteiger partial charge in [-0.15, -0.1) is 0 Å². The largest absolute Gasteiger partial charge is 0.382 e. The van der Waals surface area contributed by atoms with Gasteiger partial charge in [0, 0.05) is 23.7 Å². The summed E-state index contributed by atoms with van der Waals surface area (Å²) in [6, 6.07) is 5.92. The summed E-state index contributed by atoms with van der Waals surface area (Å²) in [6.45, 7) is 5.45. The van der Waals surface area contributed by atoms with Crippen LogP contribution >= 0.6 is 11.6 Å². The molecule has 1 fully saturated rings. The Morgan fingerprint density at radius 3 is 2.53 bits per heavy atom. The number of hydrogen-bond donors (Lipinski definition) is 2. The number of halogens is 1. The highest BCUT2D eigenvalue weighted by Crippen LogP contribution is 2.33. The van der Waals surface area contributed by atoms with E-state index in [9.17, 15) is 5.11 Å². The van der Waals surface area contributed by atoms with Gasteiger partial charge >= 0.3 is 0 Å². The Morgan fingerprint density at radius 1 is 1.40 bits per heavy atom. The van der Waals surface area contributed by atoms with Crippen LogP contribution in [0.2, 0.25) is 5.02 Å². The third kappa shape index (κ3) is 1.89. The monoisotopic (exact) mass is 225 g/mol. The summed E-state index contributed by atoms with van der Waals surface area (Å²) in [5.74, 6) is 0.456. The average molecular weight is 226 g/mol. The number of nitrogens with one attached hydrogen (secondary N) is 1. The summed E-state index contributed by atoms with van der Waals surface area (Å²) >= 11 is 6.11. The molecule has 3 heteroatoms. The zero-order chi connectivity index (χ0) is 11.1. The van der Waals surface area contributed by atoms with Crippen LogP contribution in [-0.2, 0) is 5.60 Å². The highest BCUT2D eigenvalue weighted by atomic mass is 35.5. The molecule has 0 amide bonds. The second kappa shape index (κ2) is 3.78. The number of rotatable bonds is 2. The van der Waals surface area contributed by atoms with E-state index >= 15 is 0 Å². The Kier molecular flexibility index (Phi) is 2.75. The number of benzene rings is 1. The van der Waals surface area contributed by atoms with E-state index in [4.69, 9.17) is 11.6 Å². The van der Waals surface area contributed by atoms with Crippen LogP contribution in [0.3, 0.4) is 0 Å². The molecule has 1 aromatic rings. The van der Waals surface area contributed by atoms with Gasteiger partial charge in [-0.05, 0) is 17.5 Å². The van der Waals surface area contributed by atoms with Crippen molar-refractivity contribution < 1.29 is 5.11 Å². The molecule has 0 saturated carbocycles. The van der Waals surface area contributed by atoms with Crippen molar-refractivity contribution in [1.29, 1.82) is 0 Å². The highest BCUT2D eigenvalue weighted by molar-refractivity contribution is 6.31. The van der Waals surface area contributed by atoms with Crippen LogP contribution in [0, 0.1) is 0 Å². The molecular weight excluding hydrogens is 210 g/mol. The zero-order valence-corrected chi connectivity index (χ0v) is 9.80. The second-order valence-electron chi connectivity index (χ2n) is 4.53. The van der Waals surface area contributed by atoms with Gasteiger partial charge in [0.25, 0.3) is 0 Å². The predicted molar refractivity (Wildman–Crippen MR) is 62.3 cm³/mol. The first-order valence-electron chi connectivity index (χ1n) is 5.26. The maximum absolute atomic E-state index is 10.2. The summed E-state index contributed by atoms with van der Waals surface area (Å²) in [5, 5.41) is 13.9. The first-order valence-corrected chi connectivity index (χ1v) is 5.64. The fourth-order valence-electron chi connectivity index (χ4n) is 1.81. The van der Waals surface area contributed by atoms with E-state index in [2.05, 4.69) is 19.2 Å². The number of aliphatic hydroxyl groups is 1. The first kappa shape index (κ1) is 10.9. The van der Waals surface area contributed by atoms with Crippen molar-refractivity contribution in [3.05, 3.63) is 34.3 Å². The minimum atomic E-state index is -0.762. The van der Waals surface area contributed by atoms with E-state index in [1.54, 1.807) is 0 Å². The van der Waals surface area contributed by atoms with Crippen LogP contribution in [-0.4, -0.2) is 18.2 Å². The fourth-order valence-corrected chi connectivity index (χ4v) is 2.10. The highest BCUT2D eigenvalue weighted by Gasteiger charge is 2.37. The van der Waals surface area contributed by atoms with Gasteiger partial charge in [0.1, 0.15) is 5.60 Å². The SMILES string of the molecule is CC(C)c1ccc(Cl)c(C2(O)CNC2)c1. The molecule has 1 heterocycles. The van der Waals surface area contributed by atoms with Crippen molar-refractivity contribution in [3.63, 3.8) is 0 Å². The lowest BCUT2D eigenvalue weighted by Gasteiger charge is -2.38. The normalized spacial score (nSPS) is 19.0. The van der Waals surface area contributed by atoms with Gasteiger partial charge in [0.2, 0.25) is 0 Å². The molecule has 2 N–H and O–H groups in total. The fraction of sp³-hybridized carbons (Fsp3) is 0.500. The van der Waals surface area contributed by atoms with Crippen LogP contribution in [0.1, 0.15) is 30.9 Å². The third-order valence-electron chi connectivity index (χ3n) is 2.99. The maximum Gasteiger partial charge on any atom is 0.116 e. The summed E-state index contributed by atoms with van der Waals surface area (Å²) < 4.78 is 0. The van der Waals surface area contributed by atoms with E-state index in [-0.39, 0.29) is 0 Å². The molecule has 0 spiro atoms. The van der Waals surface area contributed by atoms with Crippen molar-refractivity contribution in [1.82, 2.24) is 5.32 Å². The van der Waals surface area contributed by atoms with Crippen molar-refractivity contribution in [2.75, 3.05) is 13.1 Å². The van der Waals surface area contributed by atoms with Crippen molar-refractivity contribution in [2.45, 2.75) is 25.4 Å². The Labute approximate surface area is 95.3 Å². The molecule has 2 rings (SSSR count).